The molecule has 0 saturated carbocycles. The highest BCUT2D eigenvalue weighted by Gasteiger charge is 2.09. The minimum absolute atomic E-state index is 0.887. The molecule has 0 radical (unpaired) electrons. The number of allylic oxidation sites excluding steroid dienone is 2. The van der Waals surface area contributed by atoms with Gasteiger partial charge >= 0.3 is 0 Å². The summed E-state index contributed by atoms with van der Waals surface area (Å²) in [5.74, 6) is 0. The van der Waals surface area contributed by atoms with Crippen molar-refractivity contribution >= 4 is 38.5 Å². The van der Waals surface area contributed by atoms with E-state index >= 15 is 0 Å². The number of nitrogens with zero attached hydrogens (tertiary/aromatic N) is 2. The zero-order valence-electron chi connectivity index (χ0n) is 12.1. The number of fused-ring (bicyclic) bond motifs is 1. The standard InChI is InChI=1S/C16H19N3S/c1-5-12(10-17-6-2)13-8-11(4)15-14(9-13)19-16(20-15)18-7-3/h5-6,8-10H,2,7H2,1,3-4H3,(H,18,19)/b12-5+,17-10?. The van der Waals surface area contributed by atoms with Crippen LogP contribution in [0.15, 0.2) is 36.0 Å². The van der Waals surface area contributed by atoms with Crippen LogP contribution in [-0.2, 0) is 0 Å². The first-order chi connectivity index (χ1) is 9.69. The Morgan fingerprint density at radius 1 is 1.50 bits per heavy atom. The first-order valence-electron chi connectivity index (χ1n) is 6.65. The average Bonchev–Trinajstić information content (AvgIpc) is 2.83. The van der Waals surface area contributed by atoms with Crippen LogP contribution in [0.2, 0.25) is 0 Å². The molecule has 4 heteroatoms. The minimum atomic E-state index is 0.887. The van der Waals surface area contributed by atoms with Gasteiger partial charge in [0.05, 0.1) is 10.2 Å². The van der Waals surface area contributed by atoms with E-state index in [4.69, 9.17) is 0 Å². The lowest BCUT2D eigenvalue weighted by molar-refractivity contribution is 1.20. The molecule has 0 saturated heterocycles. The van der Waals surface area contributed by atoms with Gasteiger partial charge in [-0.2, -0.15) is 0 Å². The molecule has 2 aromatic rings. The van der Waals surface area contributed by atoms with Gasteiger partial charge in [0.2, 0.25) is 0 Å². The van der Waals surface area contributed by atoms with Crippen LogP contribution in [0.1, 0.15) is 25.0 Å². The number of aliphatic imine (C=N–C) groups is 1. The van der Waals surface area contributed by atoms with E-state index in [0.717, 1.165) is 28.3 Å². The van der Waals surface area contributed by atoms with Crippen LogP contribution in [0.5, 0.6) is 0 Å². The highest BCUT2D eigenvalue weighted by Crippen LogP contribution is 2.31. The van der Waals surface area contributed by atoms with Gasteiger partial charge in [0.15, 0.2) is 5.13 Å². The van der Waals surface area contributed by atoms with Crippen LogP contribution in [0.3, 0.4) is 0 Å². The van der Waals surface area contributed by atoms with Crippen LogP contribution in [-0.4, -0.2) is 17.7 Å². The Bertz CT molecular complexity index is 680. The monoisotopic (exact) mass is 285 g/mol. The molecule has 3 nitrogen and oxygen atoms in total. The fourth-order valence-corrected chi connectivity index (χ4v) is 3.03. The van der Waals surface area contributed by atoms with Gasteiger partial charge in [-0.25, -0.2) is 4.98 Å². The van der Waals surface area contributed by atoms with Crippen LogP contribution >= 0.6 is 11.3 Å². The molecule has 0 spiro atoms. The van der Waals surface area contributed by atoms with Crippen LogP contribution < -0.4 is 5.32 Å². The molecule has 0 amide bonds. The Hall–Kier alpha value is -1.94. The Morgan fingerprint density at radius 3 is 2.95 bits per heavy atom. The van der Waals surface area contributed by atoms with Crippen LogP contribution in [0, 0.1) is 6.92 Å². The Kier molecular flexibility index (Phi) is 4.69. The first-order valence-corrected chi connectivity index (χ1v) is 7.47. The van der Waals surface area contributed by atoms with E-state index in [1.165, 1.54) is 10.3 Å². The molecule has 0 aliphatic rings. The van der Waals surface area contributed by atoms with E-state index in [1.807, 2.05) is 19.2 Å². The third kappa shape index (κ3) is 2.96. The number of aromatic nitrogens is 1. The molecule has 0 aliphatic carbocycles. The summed E-state index contributed by atoms with van der Waals surface area (Å²) >= 11 is 1.70. The van der Waals surface area contributed by atoms with E-state index in [-0.39, 0.29) is 0 Å². The number of nitrogens with one attached hydrogen (secondary N) is 1. The van der Waals surface area contributed by atoms with E-state index in [1.54, 1.807) is 17.5 Å². The maximum Gasteiger partial charge on any atom is 0.183 e. The SMILES string of the molecule is C=CN=C/C(=C\C)c1cc(C)c2sc(NCC)nc2c1. The van der Waals surface area contributed by atoms with Crippen molar-refractivity contribution in [2.75, 3.05) is 11.9 Å². The maximum atomic E-state index is 4.64. The normalized spacial score (nSPS) is 12.2. The van der Waals surface area contributed by atoms with Gasteiger partial charge in [-0.15, -0.1) is 0 Å². The maximum absolute atomic E-state index is 4.64. The van der Waals surface area contributed by atoms with Crippen molar-refractivity contribution in [1.82, 2.24) is 4.98 Å². The van der Waals surface area contributed by atoms with Gasteiger partial charge in [0, 0.05) is 19.0 Å². The summed E-state index contributed by atoms with van der Waals surface area (Å²) in [5.41, 5.74) is 4.49. The molecule has 0 bridgehead atoms. The highest BCUT2D eigenvalue weighted by molar-refractivity contribution is 7.22. The molecule has 1 aromatic carbocycles. The summed E-state index contributed by atoms with van der Waals surface area (Å²) in [5, 5.41) is 4.25. The number of aryl methyl sites for hydroxylation is 1. The topological polar surface area (TPSA) is 37.3 Å². The van der Waals surface area contributed by atoms with Crippen molar-refractivity contribution in [1.29, 1.82) is 0 Å². The second kappa shape index (κ2) is 6.48. The summed E-state index contributed by atoms with van der Waals surface area (Å²) in [4.78, 5) is 8.74. The molecule has 1 N–H and O–H groups in total. The van der Waals surface area contributed by atoms with E-state index in [0.29, 0.717) is 0 Å². The molecule has 0 aliphatic heterocycles. The van der Waals surface area contributed by atoms with Gasteiger partial charge in [0.1, 0.15) is 0 Å². The number of anilines is 1. The molecule has 0 atom stereocenters. The highest BCUT2D eigenvalue weighted by atomic mass is 32.1. The lowest BCUT2D eigenvalue weighted by Gasteiger charge is -2.03. The molecule has 1 aromatic heterocycles. The number of rotatable bonds is 5. The fourth-order valence-electron chi connectivity index (χ4n) is 2.04. The van der Waals surface area contributed by atoms with Gasteiger partial charge in [-0.3, -0.25) is 4.99 Å². The average molecular weight is 285 g/mol. The quantitative estimate of drug-likeness (QED) is 0.812. The van der Waals surface area contributed by atoms with Crippen molar-refractivity contribution in [2.24, 2.45) is 4.99 Å². The number of benzene rings is 1. The second-order valence-electron chi connectivity index (χ2n) is 4.40. The van der Waals surface area contributed by atoms with Gasteiger partial charge in [-0.05, 0) is 49.6 Å². The molecule has 1 heterocycles. The Labute approximate surface area is 123 Å². The third-order valence-corrected chi connectivity index (χ3v) is 4.13. The van der Waals surface area contributed by atoms with Crippen molar-refractivity contribution in [3.05, 3.63) is 42.1 Å². The summed E-state index contributed by atoms with van der Waals surface area (Å²) in [6.07, 6.45) is 5.41. The largest absolute Gasteiger partial charge is 0.362 e. The first kappa shape index (κ1) is 14.5. The number of hydrogen-bond acceptors (Lipinski definition) is 4. The van der Waals surface area contributed by atoms with Crippen molar-refractivity contribution in [3.8, 4) is 0 Å². The van der Waals surface area contributed by atoms with Crippen molar-refractivity contribution in [3.63, 3.8) is 0 Å². The summed E-state index contributed by atoms with van der Waals surface area (Å²) in [6, 6.07) is 4.30. The number of hydrogen-bond donors (Lipinski definition) is 1. The van der Waals surface area contributed by atoms with Gasteiger partial charge in [-0.1, -0.05) is 24.0 Å². The van der Waals surface area contributed by atoms with Gasteiger partial charge < -0.3 is 5.32 Å². The molecule has 20 heavy (non-hydrogen) atoms. The van der Waals surface area contributed by atoms with E-state index in [9.17, 15) is 0 Å². The summed E-state index contributed by atoms with van der Waals surface area (Å²) < 4.78 is 1.24. The number of thiazole rings is 1. The Balaban J connectivity index is 2.50. The van der Waals surface area contributed by atoms with Crippen molar-refractivity contribution in [2.45, 2.75) is 20.8 Å². The Morgan fingerprint density at radius 2 is 2.30 bits per heavy atom. The van der Waals surface area contributed by atoms with Gasteiger partial charge in [0.25, 0.3) is 0 Å². The van der Waals surface area contributed by atoms with Crippen molar-refractivity contribution < 1.29 is 0 Å². The second-order valence-corrected chi connectivity index (χ2v) is 5.39. The zero-order valence-corrected chi connectivity index (χ0v) is 12.9. The predicted octanol–water partition coefficient (Wildman–Crippen LogP) is 4.65. The lowest BCUT2D eigenvalue weighted by atomic mass is 10.0. The van der Waals surface area contributed by atoms with E-state index < -0.39 is 0 Å². The van der Waals surface area contributed by atoms with E-state index in [2.05, 4.69) is 47.9 Å². The summed E-state index contributed by atoms with van der Waals surface area (Å²) in [7, 11) is 0. The third-order valence-electron chi connectivity index (χ3n) is 2.97. The molecule has 0 fully saturated rings. The minimum Gasteiger partial charge on any atom is -0.362 e. The summed E-state index contributed by atoms with van der Waals surface area (Å²) in [6.45, 7) is 10.7. The predicted molar refractivity (Wildman–Crippen MR) is 90.9 cm³/mol. The smallest absolute Gasteiger partial charge is 0.183 e. The molecule has 0 unspecified atom stereocenters. The zero-order chi connectivity index (χ0) is 14.5. The fraction of sp³-hybridized carbons (Fsp3) is 0.250. The molecular formula is C16H19N3S. The van der Waals surface area contributed by atoms with Crippen LogP contribution in [0.4, 0.5) is 5.13 Å². The molecule has 104 valence electrons. The lowest BCUT2D eigenvalue weighted by Crippen LogP contribution is -1.94. The molecular weight excluding hydrogens is 266 g/mol. The molecule has 2 rings (SSSR count). The van der Waals surface area contributed by atoms with Crippen LogP contribution in [0.25, 0.3) is 15.8 Å².